The van der Waals surface area contributed by atoms with Gasteiger partial charge in [-0.15, -0.1) is 10.2 Å². The predicted octanol–water partition coefficient (Wildman–Crippen LogP) is 1.40. The van der Waals surface area contributed by atoms with Crippen molar-refractivity contribution in [3.63, 3.8) is 0 Å². The quantitative estimate of drug-likeness (QED) is 0.544. The maximum Gasteiger partial charge on any atom is 0.297 e. The van der Waals surface area contributed by atoms with Crippen molar-refractivity contribution in [3.05, 3.63) is 52.7 Å². The number of aryl methyl sites for hydroxylation is 1. The van der Waals surface area contributed by atoms with Gasteiger partial charge in [0, 0.05) is 12.3 Å². The summed E-state index contributed by atoms with van der Waals surface area (Å²) < 4.78 is 13.4. The fraction of sp³-hybridized carbons (Fsp3) is 0.211. The van der Waals surface area contributed by atoms with Gasteiger partial charge in [0.05, 0.1) is 25.4 Å². The summed E-state index contributed by atoms with van der Waals surface area (Å²) in [5, 5.41) is 10.7. The van der Waals surface area contributed by atoms with Crippen LogP contribution in [0.4, 0.5) is 5.69 Å². The van der Waals surface area contributed by atoms with Crippen LogP contribution < -0.4 is 20.3 Å². The van der Waals surface area contributed by atoms with Crippen molar-refractivity contribution in [1.29, 1.82) is 0 Å². The molecule has 0 spiro atoms. The minimum atomic E-state index is -0.428. The predicted molar refractivity (Wildman–Crippen MR) is 105 cm³/mol. The van der Waals surface area contributed by atoms with Crippen molar-refractivity contribution in [2.75, 3.05) is 19.5 Å². The lowest BCUT2D eigenvalue weighted by Gasteiger charge is -2.14. The van der Waals surface area contributed by atoms with E-state index in [2.05, 4.69) is 20.5 Å². The van der Waals surface area contributed by atoms with E-state index in [-0.39, 0.29) is 12.2 Å². The van der Waals surface area contributed by atoms with Crippen LogP contribution in [-0.2, 0) is 11.3 Å². The number of nitrogens with zero attached hydrogens (tertiary/aromatic N) is 5. The Labute approximate surface area is 164 Å². The molecule has 0 radical (unpaired) electrons. The molecule has 4 rings (SSSR count). The summed E-state index contributed by atoms with van der Waals surface area (Å²) in [6.45, 7) is 1.51. The fourth-order valence-corrected chi connectivity index (χ4v) is 3.15. The van der Waals surface area contributed by atoms with Crippen LogP contribution in [0, 0.1) is 6.92 Å². The number of nitrogens with one attached hydrogen (secondary N) is 1. The average molecular weight is 394 g/mol. The highest BCUT2D eigenvalue weighted by Crippen LogP contribution is 2.29. The second-order valence-electron chi connectivity index (χ2n) is 6.26. The molecule has 0 fully saturated rings. The molecule has 1 aromatic carbocycles. The molecule has 0 saturated heterocycles. The standard InChI is InChI=1S/C19H18N6O4/c1-11-22-23-18-19(27)24(14-5-4-8-20-17(14)25(11)18)10-16(26)21-13-7-6-12(28-2)9-15(13)29-3/h4-9H,10H2,1-3H3,(H,21,26). The third kappa shape index (κ3) is 3.14. The molecule has 0 atom stereocenters. The van der Waals surface area contributed by atoms with Crippen LogP contribution in [0.25, 0.3) is 16.8 Å². The van der Waals surface area contributed by atoms with Crippen LogP contribution in [0.1, 0.15) is 5.82 Å². The van der Waals surface area contributed by atoms with E-state index in [0.29, 0.717) is 34.2 Å². The first-order chi connectivity index (χ1) is 14.0. The van der Waals surface area contributed by atoms with Gasteiger partial charge in [-0.3, -0.25) is 18.6 Å². The van der Waals surface area contributed by atoms with Gasteiger partial charge in [-0.2, -0.15) is 0 Å². The van der Waals surface area contributed by atoms with E-state index in [1.807, 2.05) is 0 Å². The lowest BCUT2D eigenvalue weighted by atomic mass is 10.2. The lowest BCUT2D eigenvalue weighted by molar-refractivity contribution is -0.116. The zero-order chi connectivity index (χ0) is 20.5. The van der Waals surface area contributed by atoms with E-state index < -0.39 is 11.5 Å². The number of methoxy groups -OCH3 is 2. The smallest absolute Gasteiger partial charge is 0.297 e. The van der Waals surface area contributed by atoms with E-state index in [1.54, 1.807) is 55.0 Å². The third-order valence-corrected chi connectivity index (χ3v) is 4.51. The van der Waals surface area contributed by atoms with Gasteiger partial charge in [0.2, 0.25) is 11.6 Å². The summed E-state index contributed by atoms with van der Waals surface area (Å²) in [7, 11) is 3.04. The van der Waals surface area contributed by atoms with Crippen LogP contribution in [0.3, 0.4) is 0 Å². The van der Waals surface area contributed by atoms with Gasteiger partial charge in [-0.05, 0) is 31.2 Å². The Morgan fingerprint density at radius 1 is 1.14 bits per heavy atom. The summed E-state index contributed by atoms with van der Waals surface area (Å²) in [6, 6.07) is 8.46. The van der Waals surface area contributed by atoms with Gasteiger partial charge in [-0.1, -0.05) is 0 Å². The number of carbonyl (C=O) groups excluding carboxylic acids is 1. The molecule has 29 heavy (non-hydrogen) atoms. The monoisotopic (exact) mass is 394 g/mol. The Kier molecular flexibility index (Phi) is 4.59. The summed E-state index contributed by atoms with van der Waals surface area (Å²) >= 11 is 0. The van der Waals surface area contributed by atoms with Crippen molar-refractivity contribution in [2.24, 2.45) is 0 Å². The molecule has 4 aromatic rings. The molecule has 0 aliphatic heterocycles. The number of aromatic nitrogens is 5. The number of rotatable bonds is 5. The summed E-state index contributed by atoms with van der Waals surface area (Å²) in [5.74, 6) is 1.18. The number of pyridine rings is 1. The number of hydrogen-bond donors (Lipinski definition) is 1. The highest BCUT2D eigenvalue weighted by Gasteiger charge is 2.18. The molecule has 0 aliphatic carbocycles. The second-order valence-corrected chi connectivity index (χ2v) is 6.26. The van der Waals surface area contributed by atoms with E-state index in [1.165, 1.54) is 11.7 Å². The van der Waals surface area contributed by atoms with Crippen LogP contribution in [-0.4, -0.2) is 44.3 Å². The minimum absolute atomic E-state index is 0.114. The lowest BCUT2D eigenvalue weighted by Crippen LogP contribution is -2.30. The van der Waals surface area contributed by atoms with Gasteiger partial charge < -0.3 is 14.8 Å². The minimum Gasteiger partial charge on any atom is -0.497 e. The van der Waals surface area contributed by atoms with Crippen molar-refractivity contribution in [2.45, 2.75) is 13.5 Å². The Bertz CT molecular complexity index is 1290. The highest BCUT2D eigenvalue weighted by atomic mass is 16.5. The van der Waals surface area contributed by atoms with Crippen molar-refractivity contribution >= 4 is 28.4 Å². The molecule has 148 valence electrons. The molecule has 0 saturated carbocycles. The van der Waals surface area contributed by atoms with Crippen LogP contribution in [0.5, 0.6) is 11.5 Å². The Hall–Kier alpha value is -3.95. The van der Waals surface area contributed by atoms with Crippen molar-refractivity contribution < 1.29 is 14.3 Å². The molecular weight excluding hydrogens is 376 g/mol. The van der Waals surface area contributed by atoms with Crippen LogP contribution in [0.15, 0.2) is 41.3 Å². The molecule has 10 nitrogen and oxygen atoms in total. The first kappa shape index (κ1) is 18.4. The maximum absolute atomic E-state index is 12.9. The van der Waals surface area contributed by atoms with Gasteiger partial charge in [0.15, 0.2) is 5.65 Å². The molecule has 1 amide bonds. The first-order valence-electron chi connectivity index (χ1n) is 8.74. The van der Waals surface area contributed by atoms with E-state index in [9.17, 15) is 9.59 Å². The Balaban J connectivity index is 1.74. The van der Waals surface area contributed by atoms with E-state index in [4.69, 9.17) is 9.47 Å². The number of amides is 1. The molecule has 0 bridgehead atoms. The number of ether oxygens (including phenoxy) is 2. The molecular formula is C19H18N6O4. The molecule has 10 heteroatoms. The SMILES string of the molecule is COc1ccc(NC(=O)Cn2c(=O)c3nnc(C)n3c3ncccc32)c(OC)c1. The van der Waals surface area contributed by atoms with Crippen molar-refractivity contribution in [3.8, 4) is 11.5 Å². The normalized spacial score (nSPS) is 11.0. The van der Waals surface area contributed by atoms with Crippen LogP contribution in [0.2, 0.25) is 0 Å². The number of anilines is 1. The zero-order valence-electron chi connectivity index (χ0n) is 16.0. The van der Waals surface area contributed by atoms with Gasteiger partial charge in [0.25, 0.3) is 5.56 Å². The number of fused-ring (bicyclic) bond motifs is 3. The van der Waals surface area contributed by atoms with Gasteiger partial charge in [0.1, 0.15) is 23.9 Å². The van der Waals surface area contributed by atoms with Crippen molar-refractivity contribution in [1.82, 2.24) is 24.1 Å². The van der Waals surface area contributed by atoms with E-state index >= 15 is 0 Å². The summed E-state index contributed by atoms with van der Waals surface area (Å²) in [5.41, 5.74) is 1.16. The zero-order valence-corrected chi connectivity index (χ0v) is 16.0. The molecule has 3 heterocycles. The highest BCUT2D eigenvalue weighted by molar-refractivity contribution is 5.93. The van der Waals surface area contributed by atoms with Gasteiger partial charge >= 0.3 is 0 Å². The number of hydrogen-bond acceptors (Lipinski definition) is 7. The molecule has 1 N–H and O–H groups in total. The largest absolute Gasteiger partial charge is 0.497 e. The van der Waals surface area contributed by atoms with Gasteiger partial charge in [-0.25, -0.2) is 4.98 Å². The number of benzene rings is 1. The Morgan fingerprint density at radius 2 is 1.97 bits per heavy atom. The molecule has 3 aromatic heterocycles. The first-order valence-corrected chi connectivity index (χ1v) is 8.74. The third-order valence-electron chi connectivity index (χ3n) is 4.51. The topological polar surface area (TPSA) is 113 Å². The maximum atomic E-state index is 12.9. The molecule has 0 unspecified atom stereocenters. The fourth-order valence-electron chi connectivity index (χ4n) is 3.15. The second kappa shape index (κ2) is 7.23. The number of carbonyl (C=O) groups is 1. The molecule has 0 aliphatic rings. The van der Waals surface area contributed by atoms with E-state index in [0.717, 1.165) is 0 Å². The average Bonchev–Trinajstić information content (AvgIpc) is 3.13. The van der Waals surface area contributed by atoms with Crippen LogP contribution >= 0.6 is 0 Å². The summed E-state index contributed by atoms with van der Waals surface area (Å²) in [4.78, 5) is 30.0. The Morgan fingerprint density at radius 3 is 2.72 bits per heavy atom. The summed E-state index contributed by atoms with van der Waals surface area (Å²) in [6.07, 6.45) is 1.61.